The summed E-state index contributed by atoms with van der Waals surface area (Å²) in [5, 5.41) is 0.988. The van der Waals surface area contributed by atoms with Crippen LogP contribution in [0.3, 0.4) is 0 Å². The molecule has 0 atom stereocenters. The van der Waals surface area contributed by atoms with Crippen LogP contribution in [0, 0.1) is 13.8 Å². The summed E-state index contributed by atoms with van der Waals surface area (Å²) in [6, 6.07) is 8.46. The van der Waals surface area contributed by atoms with Crippen molar-refractivity contribution in [2.75, 3.05) is 6.26 Å². The summed E-state index contributed by atoms with van der Waals surface area (Å²) in [7, 11) is 0. The summed E-state index contributed by atoms with van der Waals surface area (Å²) in [5.41, 5.74) is 2.51. The predicted octanol–water partition coefficient (Wildman–Crippen LogP) is 3.60. The molecule has 0 N–H and O–H groups in total. The Morgan fingerprint density at radius 1 is 1.19 bits per heavy atom. The Morgan fingerprint density at radius 3 is 2.44 bits per heavy atom. The van der Waals surface area contributed by atoms with Crippen LogP contribution in [0.15, 0.2) is 33.7 Å². The van der Waals surface area contributed by atoms with Gasteiger partial charge in [-0.3, -0.25) is 0 Å². The Morgan fingerprint density at radius 2 is 1.88 bits per heavy atom. The maximum Gasteiger partial charge on any atom is 0.199 e. The molecular formula is C13H15NOS. The molecule has 0 unspecified atom stereocenters. The van der Waals surface area contributed by atoms with E-state index in [0.29, 0.717) is 0 Å². The van der Waals surface area contributed by atoms with Crippen molar-refractivity contribution >= 4 is 11.8 Å². The number of hydrogen-bond donors (Lipinski definition) is 0. The van der Waals surface area contributed by atoms with Gasteiger partial charge in [-0.2, -0.15) is 0 Å². The number of aryl methyl sites for hydroxylation is 2. The second kappa shape index (κ2) is 4.74. The third-order valence-corrected chi connectivity index (χ3v) is 3.23. The van der Waals surface area contributed by atoms with E-state index in [1.807, 2.05) is 13.2 Å². The second-order valence-corrected chi connectivity index (χ2v) is 4.63. The Bertz CT molecular complexity index is 473. The zero-order valence-electron chi connectivity index (χ0n) is 9.78. The highest BCUT2D eigenvalue weighted by atomic mass is 32.2. The van der Waals surface area contributed by atoms with Crippen molar-refractivity contribution in [2.45, 2.75) is 25.3 Å². The summed E-state index contributed by atoms with van der Waals surface area (Å²) in [4.78, 5) is 4.44. The molecule has 0 spiro atoms. The molecule has 0 saturated carbocycles. The van der Waals surface area contributed by atoms with Crippen molar-refractivity contribution in [3.63, 3.8) is 0 Å². The normalized spacial score (nSPS) is 10.7. The van der Waals surface area contributed by atoms with E-state index in [4.69, 9.17) is 4.42 Å². The standard InChI is InChI=1S/C13H15NOS/c1-9-4-6-11(7-5-9)8-12-14-13(16-3)10(2)15-12/h4-7H,8H2,1-3H3. The minimum atomic E-state index is 0.766. The highest BCUT2D eigenvalue weighted by molar-refractivity contribution is 7.98. The third kappa shape index (κ3) is 2.47. The lowest BCUT2D eigenvalue weighted by Gasteiger charge is -1.97. The molecule has 1 heterocycles. The minimum absolute atomic E-state index is 0.766. The zero-order valence-corrected chi connectivity index (χ0v) is 10.6. The molecule has 1 aromatic carbocycles. The largest absolute Gasteiger partial charge is 0.444 e. The van der Waals surface area contributed by atoms with Gasteiger partial charge in [-0.15, -0.1) is 11.8 Å². The molecule has 2 aromatic rings. The van der Waals surface area contributed by atoms with Crippen LogP contribution in [0.5, 0.6) is 0 Å². The first-order valence-corrected chi connectivity index (χ1v) is 6.47. The van der Waals surface area contributed by atoms with E-state index in [2.05, 4.69) is 36.2 Å². The first-order chi connectivity index (χ1) is 7.69. The number of hydrogen-bond acceptors (Lipinski definition) is 3. The lowest BCUT2D eigenvalue weighted by atomic mass is 10.1. The number of oxazole rings is 1. The maximum absolute atomic E-state index is 5.61. The van der Waals surface area contributed by atoms with E-state index in [0.717, 1.165) is 23.1 Å². The van der Waals surface area contributed by atoms with Crippen LogP contribution in [-0.2, 0) is 6.42 Å². The second-order valence-electron chi connectivity index (χ2n) is 3.84. The quantitative estimate of drug-likeness (QED) is 0.757. The van der Waals surface area contributed by atoms with Crippen molar-refractivity contribution in [3.8, 4) is 0 Å². The van der Waals surface area contributed by atoms with Gasteiger partial charge in [0.25, 0.3) is 0 Å². The number of benzene rings is 1. The van der Waals surface area contributed by atoms with Crippen molar-refractivity contribution in [2.24, 2.45) is 0 Å². The van der Waals surface area contributed by atoms with Gasteiger partial charge in [0, 0.05) is 6.42 Å². The molecule has 0 fully saturated rings. The topological polar surface area (TPSA) is 26.0 Å². The van der Waals surface area contributed by atoms with E-state index in [1.54, 1.807) is 11.8 Å². The van der Waals surface area contributed by atoms with Crippen molar-refractivity contribution < 1.29 is 4.42 Å². The molecular weight excluding hydrogens is 218 g/mol. The monoisotopic (exact) mass is 233 g/mol. The van der Waals surface area contributed by atoms with Gasteiger partial charge in [0.2, 0.25) is 0 Å². The van der Waals surface area contributed by atoms with Gasteiger partial charge in [-0.1, -0.05) is 29.8 Å². The van der Waals surface area contributed by atoms with Crippen LogP contribution in [0.2, 0.25) is 0 Å². The van der Waals surface area contributed by atoms with E-state index < -0.39 is 0 Å². The van der Waals surface area contributed by atoms with E-state index >= 15 is 0 Å². The van der Waals surface area contributed by atoms with Gasteiger partial charge in [0.05, 0.1) is 0 Å². The van der Waals surface area contributed by atoms with E-state index in [1.165, 1.54) is 11.1 Å². The van der Waals surface area contributed by atoms with Crippen LogP contribution < -0.4 is 0 Å². The van der Waals surface area contributed by atoms with Crippen LogP contribution in [-0.4, -0.2) is 11.2 Å². The zero-order chi connectivity index (χ0) is 11.5. The molecule has 3 heteroatoms. The van der Waals surface area contributed by atoms with Crippen molar-refractivity contribution in [3.05, 3.63) is 47.0 Å². The molecule has 16 heavy (non-hydrogen) atoms. The fourth-order valence-corrected chi connectivity index (χ4v) is 2.10. The van der Waals surface area contributed by atoms with Gasteiger partial charge in [-0.05, 0) is 25.7 Å². The Labute approximate surface area is 100 Å². The SMILES string of the molecule is CSc1nc(Cc2ccc(C)cc2)oc1C. The summed E-state index contributed by atoms with van der Waals surface area (Å²) in [5.74, 6) is 1.71. The minimum Gasteiger partial charge on any atom is -0.444 e. The Kier molecular flexibility index (Phi) is 3.34. The summed E-state index contributed by atoms with van der Waals surface area (Å²) < 4.78 is 5.61. The van der Waals surface area contributed by atoms with Crippen molar-refractivity contribution in [1.82, 2.24) is 4.98 Å². The molecule has 0 amide bonds. The summed E-state index contributed by atoms with van der Waals surface area (Å²) in [6.07, 6.45) is 2.78. The average Bonchev–Trinajstić information content (AvgIpc) is 2.62. The Balaban J connectivity index is 2.17. The first-order valence-electron chi connectivity index (χ1n) is 5.25. The van der Waals surface area contributed by atoms with Gasteiger partial charge in [0.15, 0.2) is 5.89 Å². The van der Waals surface area contributed by atoms with Crippen LogP contribution in [0.25, 0.3) is 0 Å². The molecule has 84 valence electrons. The van der Waals surface area contributed by atoms with E-state index in [-0.39, 0.29) is 0 Å². The number of rotatable bonds is 3. The number of nitrogens with zero attached hydrogens (tertiary/aromatic N) is 1. The lowest BCUT2D eigenvalue weighted by Crippen LogP contribution is -1.88. The van der Waals surface area contributed by atoms with Crippen LogP contribution in [0.1, 0.15) is 22.8 Å². The molecule has 0 aliphatic heterocycles. The molecule has 2 nitrogen and oxygen atoms in total. The molecule has 2 rings (SSSR count). The average molecular weight is 233 g/mol. The molecule has 1 aromatic heterocycles. The fourth-order valence-electron chi connectivity index (χ4n) is 1.58. The Hall–Kier alpha value is -1.22. The van der Waals surface area contributed by atoms with Gasteiger partial charge in [-0.25, -0.2) is 4.98 Å². The van der Waals surface area contributed by atoms with Gasteiger partial charge < -0.3 is 4.42 Å². The van der Waals surface area contributed by atoms with Gasteiger partial charge >= 0.3 is 0 Å². The molecule has 0 radical (unpaired) electrons. The molecule has 0 aliphatic rings. The van der Waals surface area contributed by atoms with E-state index in [9.17, 15) is 0 Å². The number of aromatic nitrogens is 1. The summed E-state index contributed by atoms with van der Waals surface area (Å²) in [6.45, 7) is 4.04. The predicted molar refractivity (Wildman–Crippen MR) is 67.0 cm³/mol. The maximum atomic E-state index is 5.61. The highest BCUT2D eigenvalue weighted by Crippen LogP contribution is 2.21. The smallest absolute Gasteiger partial charge is 0.199 e. The van der Waals surface area contributed by atoms with Crippen LogP contribution in [0.4, 0.5) is 0 Å². The first kappa shape index (κ1) is 11.3. The third-order valence-electron chi connectivity index (χ3n) is 2.47. The molecule has 0 aliphatic carbocycles. The fraction of sp³-hybridized carbons (Fsp3) is 0.308. The molecule has 0 saturated heterocycles. The van der Waals surface area contributed by atoms with Crippen LogP contribution >= 0.6 is 11.8 Å². The summed E-state index contributed by atoms with van der Waals surface area (Å²) >= 11 is 1.62. The lowest BCUT2D eigenvalue weighted by molar-refractivity contribution is 0.479. The molecule has 0 bridgehead atoms. The van der Waals surface area contributed by atoms with Crippen molar-refractivity contribution in [1.29, 1.82) is 0 Å². The number of thioether (sulfide) groups is 1. The van der Waals surface area contributed by atoms with Gasteiger partial charge in [0.1, 0.15) is 10.8 Å². The highest BCUT2D eigenvalue weighted by Gasteiger charge is 2.08.